The summed E-state index contributed by atoms with van der Waals surface area (Å²) in [5.74, 6) is 0.372. The van der Waals surface area contributed by atoms with Crippen LogP contribution in [0.4, 0.5) is 11.5 Å². The number of nitrogens with one attached hydrogen (secondary N) is 1. The predicted molar refractivity (Wildman–Crippen MR) is 55.8 cm³/mol. The van der Waals surface area contributed by atoms with Crippen LogP contribution in [0.15, 0.2) is 18.3 Å². The van der Waals surface area contributed by atoms with E-state index in [1.807, 2.05) is 14.1 Å². The monoisotopic (exact) mass is 194 g/mol. The van der Waals surface area contributed by atoms with E-state index in [0.29, 0.717) is 18.1 Å². The maximum absolute atomic E-state index is 11.3. The second-order valence-electron chi connectivity index (χ2n) is 3.26. The number of aromatic nitrogens is 1. The van der Waals surface area contributed by atoms with Gasteiger partial charge in [0.25, 0.3) is 0 Å². The number of nitrogens with two attached hydrogens (primary N) is 1. The van der Waals surface area contributed by atoms with Gasteiger partial charge in [-0.2, -0.15) is 0 Å². The van der Waals surface area contributed by atoms with Crippen molar-refractivity contribution in [1.82, 2.24) is 9.88 Å². The Bertz CT molecular complexity index is 307. The highest BCUT2D eigenvalue weighted by Gasteiger charge is 2.02. The van der Waals surface area contributed by atoms with E-state index < -0.39 is 0 Å². The van der Waals surface area contributed by atoms with Crippen LogP contribution in [-0.2, 0) is 4.79 Å². The van der Waals surface area contributed by atoms with Crippen molar-refractivity contribution in [1.29, 1.82) is 0 Å². The summed E-state index contributed by atoms with van der Waals surface area (Å²) in [6.07, 6.45) is 1.53. The van der Waals surface area contributed by atoms with E-state index in [4.69, 9.17) is 5.73 Å². The predicted octanol–water partition coefficient (Wildman–Crippen LogP) is 0.164. The number of carbonyl (C=O) groups is 1. The molecular weight excluding hydrogens is 180 g/mol. The van der Waals surface area contributed by atoms with Gasteiger partial charge in [0, 0.05) is 0 Å². The van der Waals surface area contributed by atoms with Gasteiger partial charge in [-0.25, -0.2) is 4.98 Å². The van der Waals surface area contributed by atoms with Gasteiger partial charge in [-0.05, 0) is 26.2 Å². The number of pyridine rings is 1. The summed E-state index contributed by atoms with van der Waals surface area (Å²) in [7, 11) is 3.67. The van der Waals surface area contributed by atoms with E-state index in [1.54, 1.807) is 17.0 Å². The number of anilines is 2. The lowest BCUT2D eigenvalue weighted by molar-refractivity contribution is -0.116. The zero-order valence-corrected chi connectivity index (χ0v) is 8.32. The van der Waals surface area contributed by atoms with Gasteiger partial charge in [0.2, 0.25) is 5.91 Å². The number of hydrogen-bond donors (Lipinski definition) is 2. The van der Waals surface area contributed by atoms with Crippen molar-refractivity contribution in [3.05, 3.63) is 18.3 Å². The molecule has 0 bridgehead atoms. The third-order valence-corrected chi connectivity index (χ3v) is 1.53. The van der Waals surface area contributed by atoms with Crippen LogP contribution in [0.2, 0.25) is 0 Å². The SMILES string of the molecule is CN(C)CC(=O)Nc1ccc(N)nc1. The smallest absolute Gasteiger partial charge is 0.238 e. The van der Waals surface area contributed by atoms with E-state index in [-0.39, 0.29) is 5.91 Å². The van der Waals surface area contributed by atoms with Crippen LogP contribution in [0.25, 0.3) is 0 Å². The molecule has 5 nitrogen and oxygen atoms in total. The summed E-state index contributed by atoms with van der Waals surface area (Å²) in [6, 6.07) is 3.36. The Morgan fingerprint density at radius 3 is 2.79 bits per heavy atom. The van der Waals surface area contributed by atoms with E-state index >= 15 is 0 Å². The molecule has 0 aliphatic carbocycles. The molecule has 0 atom stereocenters. The number of hydrogen-bond acceptors (Lipinski definition) is 4. The van der Waals surface area contributed by atoms with Crippen molar-refractivity contribution in [2.24, 2.45) is 0 Å². The number of rotatable bonds is 3. The van der Waals surface area contributed by atoms with Crippen LogP contribution < -0.4 is 11.1 Å². The maximum Gasteiger partial charge on any atom is 0.238 e. The van der Waals surface area contributed by atoms with Crippen molar-refractivity contribution in [3.63, 3.8) is 0 Å². The molecule has 1 amide bonds. The molecule has 0 aliphatic heterocycles. The first-order valence-electron chi connectivity index (χ1n) is 4.24. The van der Waals surface area contributed by atoms with E-state index in [9.17, 15) is 4.79 Å². The second-order valence-corrected chi connectivity index (χ2v) is 3.26. The molecule has 0 unspecified atom stereocenters. The Balaban J connectivity index is 2.52. The van der Waals surface area contributed by atoms with Crippen LogP contribution in [0.3, 0.4) is 0 Å². The van der Waals surface area contributed by atoms with Crippen LogP contribution >= 0.6 is 0 Å². The lowest BCUT2D eigenvalue weighted by atomic mass is 10.4. The highest BCUT2D eigenvalue weighted by Crippen LogP contribution is 2.06. The first-order chi connectivity index (χ1) is 6.58. The fourth-order valence-electron chi connectivity index (χ4n) is 0.967. The minimum absolute atomic E-state index is 0.0680. The van der Waals surface area contributed by atoms with E-state index in [0.717, 1.165) is 0 Å². The molecule has 1 aromatic rings. The van der Waals surface area contributed by atoms with Crippen LogP contribution in [0.5, 0.6) is 0 Å². The minimum atomic E-state index is -0.0680. The quantitative estimate of drug-likeness (QED) is 0.719. The molecule has 1 aromatic heterocycles. The third-order valence-electron chi connectivity index (χ3n) is 1.53. The summed E-state index contributed by atoms with van der Waals surface area (Å²) in [5.41, 5.74) is 6.06. The van der Waals surface area contributed by atoms with Gasteiger partial charge in [-0.1, -0.05) is 0 Å². The molecular formula is C9H14N4O. The Morgan fingerprint density at radius 2 is 2.29 bits per heavy atom. The van der Waals surface area contributed by atoms with Crippen LogP contribution in [0, 0.1) is 0 Å². The normalized spacial score (nSPS) is 10.2. The van der Waals surface area contributed by atoms with Crippen molar-refractivity contribution in [2.45, 2.75) is 0 Å². The first kappa shape index (κ1) is 10.5. The number of nitrogens with zero attached hydrogens (tertiary/aromatic N) is 2. The molecule has 0 radical (unpaired) electrons. The number of nitrogen functional groups attached to an aromatic ring is 1. The standard InChI is InChI=1S/C9H14N4O/c1-13(2)6-9(14)12-7-3-4-8(10)11-5-7/h3-5H,6H2,1-2H3,(H2,10,11)(H,12,14). The maximum atomic E-state index is 11.3. The topological polar surface area (TPSA) is 71.2 Å². The largest absolute Gasteiger partial charge is 0.384 e. The molecule has 1 rings (SSSR count). The van der Waals surface area contributed by atoms with E-state index in [2.05, 4.69) is 10.3 Å². The van der Waals surface area contributed by atoms with Gasteiger partial charge < -0.3 is 16.0 Å². The molecule has 0 saturated heterocycles. The average molecular weight is 194 g/mol. The third kappa shape index (κ3) is 3.40. The Hall–Kier alpha value is -1.62. The summed E-state index contributed by atoms with van der Waals surface area (Å²) in [6.45, 7) is 0.352. The van der Waals surface area contributed by atoms with Gasteiger partial charge in [0.05, 0.1) is 18.4 Å². The Morgan fingerprint density at radius 1 is 1.57 bits per heavy atom. The van der Waals surface area contributed by atoms with Crippen molar-refractivity contribution in [3.8, 4) is 0 Å². The summed E-state index contributed by atoms with van der Waals surface area (Å²) < 4.78 is 0. The lowest BCUT2D eigenvalue weighted by Crippen LogP contribution is -2.27. The first-order valence-corrected chi connectivity index (χ1v) is 4.24. The fraction of sp³-hybridized carbons (Fsp3) is 0.333. The van der Waals surface area contributed by atoms with Gasteiger partial charge in [0.1, 0.15) is 5.82 Å². The molecule has 0 fully saturated rings. The van der Waals surface area contributed by atoms with Crippen molar-refractivity contribution < 1.29 is 4.79 Å². The molecule has 0 saturated carbocycles. The van der Waals surface area contributed by atoms with Crippen LogP contribution in [-0.4, -0.2) is 36.4 Å². The van der Waals surface area contributed by atoms with Crippen molar-refractivity contribution >= 4 is 17.4 Å². The lowest BCUT2D eigenvalue weighted by Gasteiger charge is -2.09. The highest BCUT2D eigenvalue weighted by molar-refractivity contribution is 5.92. The number of likely N-dealkylation sites (N-methyl/N-ethyl adjacent to an activating group) is 1. The molecule has 0 spiro atoms. The number of carbonyl (C=O) groups excluding carboxylic acids is 1. The van der Waals surface area contributed by atoms with Gasteiger partial charge in [0.15, 0.2) is 0 Å². The molecule has 5 heteroatoms. The van der Waals surface area contributed by atoms with Gasteiger partial charge in [-0.3, -0.25) is 4.79 Å². The molecule has 14 heavy (non-hydrogen) atoms. The minimum Gasteiger partial charge on any atom is -0.384 e. The van der Waals surface area contributed by atoms with Crippen molar-refractivity contribution in [2.75, 3.05) is 31.7 Å². The van der Waals surface area contributed by atoms with E-state index in [1.165, 1.54) is 6.20 Å². The Labute approximate surface area is 82.9 Å². The Kier molecular flexibility index (Phi) is 3.41. The fourth-order valence-corrected chi connectivity index (χ4v) is 0.967. The second kappa shape index (κ2) is 4.57. The zero-order valence-electron chi connectivity index (χ0n) is 8.32. The molecule has 0 aromatic carbocycles. The molecule has 3 N–H and O–H groups in total. The zero-order chi connectivity index (χ0) is 10.6. The highest BCUT2D eigenvalue weighted by atomic mass is 16.2. The average Bonchev–Trinajstić information content (AvgIpc) is 2.07. The summed E-state index contributed by atoms with van der Waals surface area (Å²) in [4.78, 5) is 16.9. The number of amides is 1. The summed E-state index contributed by atoms with van der Waals surface area (Å²) in [5, 5.41) is 2.70. The van der Waals surface area contributed by atoms with Crippen LogP contribution in [0.1, 0.15) is 0 Å². The molecule has 76 valence electrons. The van der Waals surface area contributed by atoms with Gasteiger partial charge in [-0.15, -0.1) is 0 Å². The van der Waals surface area contributed by atoms with Gasteiger partial charge >= 0.3 is 0 Å². The molecule has 0 aliphatic rings. The summed E-state index contributed by atoms with van der Waals surface area (Å²) >= 11 is 0. The molecule has 1 heterocycles.